The molecule has 1 atom stereocenters. The molecule has 1 aliphatic rings. The van der Waals surface area contributed by atoms with Gasteiger partial charge in [-0.3, -0.25) is 4.79 Å². The fraction of sp³-hybridized carbons (Fsp3) is 0.875. The van der Waals surface area contributed by atoms with Gasteiger partial charge in [-0.2, -0.15) is 0 Å². The molecule has 0 aromatic rings. The number of hydrogen-bond acceptors (Lipinski definition) is 3. The number of nitrogens with two attached hydrogens (primary N) is 1. The maximum absolute atomic E-state index is 11.4. The fourth-order valence-electron chi connectivity index (χ4n) is 1.63. The van der Waals surface area contributed by atoms with E-state index < -0.39 is 0 Å². The van der Waals surface area contributed by atoms with Gasteiger partial charge in [-0.1, -0.05) is 5.11 Å². The molecule has 0 aliphatic carbocycles. The predicted molar refractivity (Wildman–Crippen MR) is 52.4 cm³/mol. The Bertz CT molecular complexity index is 248. The van der Waals surface area contributed by atoms with Gasteiger partial charge < -0.3 is 10.6 Å². The Morgan fingerprint density at radius 1 is 1.71 bits per heavy atom. The molecular weight excluding hydrogens is 182 g/mol. The molecule has 6 heteroatoms. The van der Waals surface area contributed by atoms with E-state index in [4.69, 9.17) is 11.3 Å². The maximum Gasteiger partial charge on any atom is 0.222 e. The Hall–Kier alpha value is -1.26. The maximum atomic E-state index is 11.4. The van der Waals surface area contributed by atoms with Gasteiger partial charge in [0, 0.05) is 31.0 Å². The van der Waals surface area contributed by atoms with Crippen LogP contribution in [0.15, 0.2) is 5.11 Å². The minimum Gasteiger partial charge on any atom is -0.342 e. The van der Waals surface area contributed by atoms with Crippen LogP contribution in [0, 0.1) is 5.92 Å². The van der Waals surface area contributed by atoms with Crippen molar-refractivity contribution in [2.75, 3.05) is 26.2 Å². The van der Waals surface area contributed by atoms with Gasteiger partial charge in [0.1, 0.15) is 0 Å². The van der Waals surface area contributed by atoms with Crippen LogP contribution < -0.4 is 5.73 Å². The number of rotatable bonds is 5. The van der Waals surface area contributed by atoms with Crippen LogP contribution in [0.2, 0.25) is 0 Å². The molecule has 0 bridgehead atoms. The Morgan fingerprint density at radius 3 is 3.14 bits per heavy atom. The topological polar surface area (TPSA) is 95.1 Å². The molecule has 78 valence electrons. The summed E-state index contributed by atoms with van der Waals surface area (Å²) in [6.45, 7) is 2.45. The number of carbonyl (C=O) groups is 1. The van der Waals surface area contributed by atoms with Crippen molar-refractivity contribution < 1.29 is 4.79 Å². The van der Waals surface area contributed by atoms with E-state index in [-0.39, 0.29) is 11.8 Å². The Kier molecular flexibility index (Phi) is 4.22. The molecule has 0 aromatic carbocycles. The summed E-state index contributed by atoms with van der Waals surface area (Å²) in [7, 11) is 0. The fourth-order valence-corrected chi connectivity index (χ4v) is 1.63. The van der Waals surface area contributed by atoms with E-state index in [9.17, 15) is 4.79 Å². The van der Waals surface area contributed by atoms with Crippen LogP contribution in [0.1, 0.15) is 12.8 Å². The monoisotopic (exact) mass is 197 g/mol. The predicted octanol–water partition coefficient (Wildman–Crippen LogP) is 0.494. The first-order valence-corrected chi connectivity index (χ1v) is 4.76. The van der Waals surface area contributed by atoms with E-state index >= 15 is 0 Å². The zero-order valence-corrected chi connectivity index (χ0v) is 8.09. The van der Waals surface area contributed by atoms with Crippen molar-refractivity contribution in [1.29, 1.82) is 0 Å². The summed E-state index contributed by atoms with van der Waals surface area (Å²) in [6, 6.07) is 0. The zero-order chi connectivity index (χ0) is 10.4. The molecule has 1 amide bonds. The van der Waals surface area contributed by atoms with Crippen LogP contribution in [-0.4, -0.2) is 37.0 Å². The van der Waals surface area contributed by atoms with Crippen molar-refractivity contribution in [2.45, 2.75) is 12.8 Å². The van der Waals surface area contributed by atoms with E-state index in [1.807, 2.05) is 0 Å². The molecule has 0 aromatic heterocycles. The smallest absolute Gasteiger partial charge is 0.222 e. The largest absolute Gasteiger partial charge is 0.342 e. The molecule has 0 spiro atoms. The second-order valence-corrected chi connectivity index (χ2v) is 3.47. The van der Waals surface area contributed by atoms with E-state index in [0.29, 0.717) is 26.1 Å². The first-order chi connectivity index (χ1) is 6.77. The van der Waals surface area contributed by atoms with Crippen LogP contribution in [0.3, 0.4) is 0 Å². The Morgan fingerprint density at radius 2 is 2.50 bits per heavy atom. The van der Waals surface area contributed by atoms with Gasteiger partial charge in [-0.25, -0.2) is 0 Å². The van der Waals surface area contributed by atoms with Gasteiger partial charge >= 0.3 is 0 Å². The molecule has 6 nitrogen and oxygen atoms in total. The van der Waals surface area contributed by atoms with Crippen LogP contribution >= 0.6 is 0 Å². The summed E-state index contributed by atoms with van der Waals surface area (Å²) < 4.78 is 0. The Balaban J connectivity index is 2.35. The van der Waals surface area contributed by atoms with Crippen LogP contribution in [0.25, 0.3) is 10.4 Å². The quantitative estimate of drug-likeness (QED) is 0.394. The van der Waals surface area contributed by atoms with E-state index in [0.717, 1.165) is 13.0 Å². The summed E-state index contributed by atoms with van der Waals surface area (Å²) in [6.07, 6.45) is 1.34. The van der Waals surface area contributed by atoms with E-state index in [2.05, 4.69) is 10.0 Å². The van der Waals surface area contributed by atoms with Gasteiger partial charge in [0.05, 0.1) is 0 Å². The number of carbonyl (C=O) groups excluding carboxylic acids is 1. The van der Waals surface area contributed by atoms with Gasteiger partial charge in [0.2, 0.25) is 5.91 Å². The highest BCUT2D eigenvalue weighted by Gasteiger charge is 2.28. The van der Waals surface area contributed by atoms with Crippen molar-refractivity contribution in [1.82, 2.24) is 4.90 Å². The molecule has 0 saturated carbocycles. The summed E-state index contributed by atoms with van der Waals surface area (Å²) in [5.41, 5.74) is 13.5. The van der Waals surface area contributed by atoms with E-state index in [1.165, 1.54) is 0 Å². The van der Waals surface area contributed by atoms with Gasteiger partial charge in [0.15, 0.2) is 0 Å². The lowest BCUT2D eigenvalue weighted by Gasteiger charge is -2.15. The van der Waals surface area contributed by atoms with Crippen molar-refractivity contribution in [3.8, 4) is 0 Å². The number of amides is 1. The third-order valence-electron chi connectivity index (χ3n) is 2.33. The molecule has 1 fully saturated rings. The lowest BCUT2D eigenvalue weighted by Crippen LogP contribution is -2.27. The van der Waals surface area contributed by atoms with Crippen molar-refractivity contribution >= 4 is 5.91 Å². The average molecular weight is 197 g/mol. The first kappa shape index (κ1) is 10.8. The standard InChI is InChI=1S/C8H15N5O/c9-2-1-3-13-6-7(4-8(13)14)5-11-12-10/h7H,1-6,9H2. The highest BCUT2D eigenvalue weighted by molar-refractivity contribution is 5.78. The molecule has 1 heterocycles. The van der Waals surface area contributed by atoms with Crippen molar-refractivity contribution in [3.63, 3.8) is 0 Å². The normalized spacial score (nSPS) is 21.1. The SMILES string of the molecule is [N-]=[N+]=NCC1CC(=O)N(CCCN)C1. The number of azide groups is 1. The zero-order valence-electron chi connectivity index (χ0n) is 8.09. The summed E-state index contributed by atoms with van der Waals surface area (Å²) in [5, 5.41) is 3.48. The molecule has 1 saturated heterocycles. The number of nitrogens with zero attached hydrogens (tertiary/aromatic N) is 4. The third-order valence-corrected chi connectivity index (χ3v) is 2.33. The molecule has 1 aliphatic heterocycles. The number of likely N-dealkylation sites (tertiary alicyclic amines) is 1. The number of hydrogen-bond donors (Lipinski definition) is 1. The van der Waals surface area contributed by atoms with Gasteiger partial charge in [-0.05, 0) is 24.4 Å². The molecule has 2 N–H and O–H groups in total. The lowest BCUT2D eigenvalue weighted by atomic mass is 10.1. The second kappa shape index (κ2) is 5.47. The van der Waals surface area contributed by atoms with Crippen LogP contribution in [0.4, 0.5) is 0 Å². The van der Waals surface area contributed by atoms with Crippen LogP contribution in [-0.2, 0) is 4.79 Å². The third kappa shape index (κ3) is 2.90. The van der Waals surface area contributed by atoms with E-state index in [1.54, 1.807) is 4.90 Å². The van der Waals surface area contributed by atoms with Gasteiger partial charge in [-0.15, -0.1) is 0 Å². The highest BCUT2D eigenvalue weighted by Crippen LogP contribution is 2.17. The highest BCUT2D eigenvalue weighted by atomic mass is 16.2. The molecule has 1 rings (SSSR count). The first-order valence-electron chi connectivity index (χ1n) is 4.76. The van der Waals surface area contributed by atoms with Crippen molar-refractivity contribution in [2.24, 2.45) is 16.8 Å². The molecule has 1 unspecified atom stereocenters. The Labute approximate surface area is 82.7 Å². The van der Waals surface area contributed by atoms with Gasteiger partial charge in [0.25, 0.3) is 0 Å². The average Bonchev–Trinajstić information content (AvgIpc) is 2.53. The molecular formula is C8H15N5O. The molecule has 14 heavy (non-hydrogen) atoms. The summed E-state index contributed by atoms with van der Waals surface area (Å²) >= 11 is 0. The van der Waals surface area contributed by atoms with Crippen molar-refractivity contribution in [3.05, 3.63) is 10.4 Å². The summed E-state index contributed by atoms with van der Waals surface area (Å²) in [5.74, 6) is 0.341. The van der Waals surface area contributed by atoms with Crippen LogP contribution in [0.5, 0.6) is 0 Å². The lowest BCUT2D eigenvalue weighted by molar-refractivity contribution is -0.127. The minimum atomic E-state index is 0.150. The second-order valence-electron chi connectivity index (χ2n) is 3.47. The minimum absolute atomic E-state index is 0.150. The molecule has 0 radical (unpaired) electrons. The summed E-state index contributed by atoms with van der Waals surface area (Å²) in [4.78, 5) is 15.9.